The Hall–Kier alpha value is -1.60. The van der Waals surface area contributed by atoms with Crippen molar-refractivity contribution in [3.05, 3.63) is 23.8 Å². The first-order valence-corrected chi connectivity index (χ1v) is 7.59. The molecule has 1 aliphatic carbocycles. The lowest BCUT2D eigenvalue weighted by atomic mass is 10.2. The van der Waals surface area contributed by atoms with Gasteiger partial charge in [0.05, 0.1) is 12.7 Å². The standard InChI is InChI=1S/C13H17NO5S/c1-13(2)7-11(13)14-20(17,18)10-6-8(12(15)16)4-5-9(10)19-3/h4-6,11,14H,7H2,1-3H3,(H,15,16). The molecule has 20 heavy (non-hydrogen) atoms. The molecule has 1 atom stereocenters. The highest BCUT2D eigenvalue weighted by Crippen LogP contribution is 2.45. The molecule has 0 aliphatic heterocycles. The molecule has 1 aromatic rings. The molecule has 6 nitrogen and oxygen atoms in total. The van der Waals surface area contributed by atoms with Crippen LogP contribution >= 0.6 is 0 Å². The van der Waals surface area contributed by atoms with Crippen molar-refractivity contribution in [3.63, 3.8) is 0 Å². The van der Waals surface area contributed by atoms with Crippen LogP contribution in [-0.4, -0.2) is 32.6 Å². The number of carboxylic acids is 1. The molecule has 2 rings (SSSR count). The minimum atomic E-state index is -3.81. The molecule has 2 N–H and O–H groups in total. The summed E-state index contributed by atoms with van der Waals surface area (Å²) in [4.78, 5) is 10.8. The largest absolute Gasteiger partial charge is 0.495 e. The fourth-order valence-electron chi connectivity index (χ4n) is 1.94. The van der Waals surface area contributed by atoms with Crippen LogP contribution in [0.15, 0.2) is 23.1 Å². The van der Waals surface area contributed by atoms with Crippen molar-refractivity contribution < 1.29 is 23.1 Å². The number of sulfonamides is 1. The summed E-state index contributed by atoms with van der Waals surface area (Å²) in [5.74, 6) is -1.06. The van der Waals surface area contributed by atoms with E-state index in [2.05, 4.69) is 4.72 Å². The van der Waals surface area contributed by atoms with Gasteiger partial charge in [-0.25, -0.2) is 17.9 Å². The average Bonchev–Trinajstić information content (AvgIpc) is 2.94. The van der Waals surface area contributed by atoms with Crippen LogP contribution < -0.4 is 9.46 Å². The van der Waals surface area contributed by atoms with Gasteiger partial charge in [0.1, 0.15) is 10.6 Å². The summed E-state index contributed by atoms with van der Waals surface area (Å²) in [7, 11) is -2.46. The number of rotatable bonds is 5. The molecule has 1 aliphatic rings. The van der Waals surface area contributed by atoms with Crippen molar-refractivity contribution in [2.75, 3.05) is 7.11 Å². The maximum atomic E-state index is 12.3. The maximum Gasteiger partial charge on any atom is 0.335 e. The lowest BCUT2D eigenvalue weighted by Crippen LogP contribution is -2.29. The first-order valence-electron chi connectivity index (χ1n) is 6.11. The third kappa shape index (κ3) is 2.78. The summed E-state index contributed by atoms with van der Waals surface area (Å²) in [5.41, 5.74) is -0.161. The summed E-state index contributed by atoms with van der Waals surface area (Å²) >= 11 is 0. The van der Waals surface area contributed by atoms with Crippen LogP contribution in [0.2, 0.25) is 0 Å². The average molecular weight is 299 g/mol. The fourth-order valence-corrected chi connectivity index (χ4v) is 3.54. The predicted octanol–water partition coefficient (Wildman–Crippen LogP) is 1.47. The van der Waals surface area contributed by atoms with E-state index in [1.165, 1.54) is 19.2 Å². The second-order valence-electron chi connectivity index (χ2n) is 5.54. The summed E-state index contributed by atoms with van der Waals surface area (Å²) < 4.78 is 32.3. The van der Waals surface area contributed by atoms with Crippen LogP contribution in [0.1, 0.15) is 30.6 Å². The quantitative estimate of drug-likeness (QED) is 0.859. The molecule has 0 bridgehead atoms. The second-order valence-corrected chi connectivity index (χ2v) is 7.22. The van der Waals surface area contributed by atoms with Gasteiger partial charge in [-0.2, -0.15) is 0 Å². The predicted molar refractivity (Wildman–Crippen MR) is 72.5 cm³/mol. The van der Waals surface area contributed by atoms with Gasteiger partial charge >= 0.3 is 5.97 Å². The van der Waals surface area contributed by atoms with E-state index in [1.807, 2.05) is 13.8 Å². The molecule has 0 aromatic heterocycles. The summed E-state index contributed by atoms with van der Waals surface area (Å²) in [6.45, 7) is 3.93. The number of carboxylic acid groups (broad SMARTS) is 1. The Balaban J connectivity index is 2.39. The minimum absolute atomic E-state index is 0.0648. The number of carbonyl (C=O) groups is 1. The number of aromatic carboxylic acids is 1. The van der Waals surface area contributed by atoms with Crippen molar-refractivity contribution in [2.24, 2.45) is 5.41 Å². The molecule has 1 saturated carbocycles. The molecular formula is C13H17NO5S. The van der Waals surface area contributed by atoms with Crippen LogP contribution in [0.3, 0.4) is 0 Å². The third-order valence-electron chi connectivity index (χ3n) is 3.51. The molecule has 7 heteroatoms. The molecule has 0 heterocycles. The number of methoxy groups -OCH3 is 1. The van der Waals surface area contributed by atoms with Gasteiger partial charge in [-0.1, -0.05) is 13.8 Å². The smallest absolute Gasteiger partial charge is 0.335 e. The highest BCUT2D eigenvalue weighted by atomic mass is 32.2. The molecule has 0 spiro atoms. The van der Waals surface area contributed by atoms with Crippen molar-refractivity contribution in [1.29, 1.82) is 0 Å². The maximum absolute atomic E-state index is 12.3. The van der Waals surface area contributed by atoms with Gasteiger partial charge < -0.3 is 9.84 Å². The molecule has 1 aromatic carbocycles. The van der Waals surface area contributed by atoms with Gasteiger partial charge in [0.25, 0.3) is 0 Å². The van der Waals surface area contributed by atoms with Crippen molar-refractivity contribution in [3.8, 4) is 5.75 Å². The zero-order valence-electron chi connectivity index (χ0n) is 11.5. The number of nitrogens with one attached hydrogen (secondary N) is 1. The van der Waals surface area contributed by atoms with Crippen LogP contribution in [0.4, 0.5) is 0 Å². The van der Waals surface area contributed by atoms with Gasteiger partial charge in [-0.3, -0.25) is 0 Å². The van der Waals surface area contributed by atoms with Crippen molar-refractivity contribution in [1.82, 2.24) is 4.72 Å². The third-order valence-corrected chi connectivity index (χ3v) is 5.00. The van der Waals surface area contributed by atoms with Gasteiger partial charge in [0, 0.05) is 6.04 Å². The lowest BCUT2D eigenvalue weighted by molar-refractivity contribution is 0.0696. The Labute approximate surface area is 117 Å². The second kappa shape index (κ2) is 4.75. The SMILES string of the molecule is COc1ccc(C(=O)O)cc1S(=O)(=O)NC1CC1(C)C. The molecular weight excluding hydrogens is 282 g/mol. The van der Waals surface area contributed by atoms with E-state index in [-0.39, 0.29) is 27.7 Å². The number of ether oxygens (including phenoxy) is 1. The van der Waals surface area contributed by atoms with E-state index in [0.29, 0.717) is 0 Å². The fraction of sp³-hybridized carbons (Fsp3) is 0.462. The normalized spacial score (nSPS) is 20.4. The molecule has 110 valence electrons. The zero-order chi connectivity index (χ0) is 15.1. The zero-order valence-corrected chi connectivity index (χ0v) is 12.3. The minimum Gasteiger partial charge on any atom is -0.495 e. The van der Waals surface area contributed by atoms with Gasteiger partial charge in [-0.05, 0) is 30.0 Å². The highest BCUT2D eigenvalue weighted by molar-refractivity contribution is 7.89. The molecule has 0 radical (unpaired) electrons. The van der Waals surface area contributed by atoms with E-state index in [4.69, 9.17) is 9.84 Å². The first kappa shape index (κ1) is 14.8. The molecule has 1 fully saturated rings. The van der Waals surface area contributed by atoms with Crippen LogP contribution in [-0.2, 0) is 10.0 Å². The summed E-state index contributed by atoms with van der Waals surface area (Å²) in [5, 5.41) is 8.96. The van der Waals surface area contributed by atoms with Crippen LogP contribution in [0, 0.1) is 5.41 Å². The van der Waals surface area contributed by atoms with E-state index in [1.54, 1.807) is 0 Å². The van der Waals surface area contributed by atoms with E-state index in [0.717, 1.165) is 12.5 Å². The van der Waals surface area contributed by atoms with E-state index in [9.17, 15) is 13.2 Å². The number of benzene rings is 1. The Kier molecular flexibility index (Phi) is 3.51. The first-order chi connectivity index (χ1) is 9.17. The summed E-state index contributed by atoms with van der Waals surface area (Å²) in [6, 6.07) is 3.63. The molecule has 1 unspecified atom stereocenters. The molecule has 0 amide bonds. The molecule has 0 saturated heterocycles. The van der Waals surface area contributed by atoms with E-state index < -0.39 is 16.0 Å². The van der Waals surface area contributed by atoms with Gasteiger partial charge in [-0.15, -0.1) is 0 Å². The van der Waals surface area contributed by atoms with Crippen molar-refractivity contribution >= 4 is 16.0 Å². The Morgan fingerprint density at radius 1 is 1.45 bits per heavy atom. The van der Waals surface area contributed by atoms with Crippen LogP contribution in [0.25, 0.3) is 0 Å². The monoisotopic (exact) mass is 299 g/mol. The van der Waals surface area contributed by atoms with Gasteiger partial charge in [0.2, 0.25) is 10.0 Å². The Morgan fingerprint density at radius 2 is 2.05 bits per heavy atom. The highest BCUT2D eigenvalue weighted by Gasteiger charge is 2.48. The number of hydrogen-bond acceptors (Lipinski definition) is 4. The summed E-state index contributed by atoms with van der Waals surface area (Å²) in [6.07, 6.45) is 0.757. The number of hydrogen-bond donors (Lipinski definition) is 2. The topological polar surface area (TPSA) is 92.7 Å². The Bertz CT molecular complexity index is 651. The van der Waals surface area contributed by atoms with Gasteiger partial charge in [0.15, 0.2) is 0 Å². The van der Waals surface area contributed by atoms with E-state index >= 15 is 0 Å². The van der Waals surface area contributed by atoms with Crippen molar-refractivity contribution in [2.45, 2.75) is 31.2 Å². The lowest BCUT2D eigenvalue weighted by Gasteiger charge is -2.12. The van der Waals surface area contributed by atoms with Crippen LogP contribution in [0.5, 0.6) is 5.75 Å². The Morgan fingerprint density at radius 3 is 2.50 bits per heavy atom.